The first kappa shape index (κ1) is 12.4. The molecule has 2 heterocycles. The summed E-state index contributed by atoms with van der Waals surface area (Å²) in [5, 5.41) is 2.83. The SMILES string of the molecule is Cn1cncc1CNc1cc(C(F)(F)F)ccn1. The first-order valence-corrected chi connectivity index (χ1v) is 5.19. The van der Waals surface area contributed by atoms with E-state index in [2.05, 4.69) is 15.3 Å². The van der Waals surface area contributed by atoms with Gasteiger partial charge in [-0.3, -0.25) is 0 Å². The van der Waals surface area contributed by atoms with Gasteiger partial charge >= 0.3 is 6.18 Å². The minimum Gasteiger partial charge on any atom is -0.364 e. The molecule has 0 aliphatic carbocycles. The molecule has 18 heavy (non-hydrogen) atoms. The highest BCUT2D eigenvalue weighted by Crippen LogP contribution is 2.29. The summed E-state index contributed by atoms with van der Waals surface area (Å²) in [7, 11) is 1.81. The summed E-state index contributed by atoms with van der Waals surface area (Å²) in [6.45, 7) is 0.366. The Morgan fingerprint density at radius 2 is 2.17 bits per heavy atom. The van der Waals surface area contributed by atoms with Gasteiger partial charge in [0.25, 0.3) is 0 Å². The number of anilines is 1. The lowest BCUT2D eigenvalue weighted by Gasteiger charge is -2.09. The van der Waals surface area contributed by atoms with E-state index in [1.54, 1.807) is 17.1 Å². The van der Waals surface area contributed by atoms with Crippen LogP contribution in [0.2, 0.25) is 0 Å². The van der Waals surface area contributed by atoms with Crippen LogP contribution < -0.4 is 5.32 Å². The largest absolute Gasteiger partial charge is 0.416 e. The van der Waals surface area contributed by atoms with Gasteiger partial charge in [0, 0.05) is 19.4 Å². The number of halogens is 3. The third kappa shape index (κ3) is 2.79. The molecular weight excluding hydrogens is 245 g/mol. The maximum Gasteiger partial charge on any atom is 0.416 e. The van der Waals surface area contributed by atoms with Crippen LogP contribution in [-0.4, -0.2) is 14.5 Å². The van der Waals surface area contributed by atoms with E-state index in [4.69, 9.17) is 0 Å². The molecule has 7 heteroatoms. The van der Waals surface area contributed by atoms with E-state index < -0.39 is 11.7 Å². The molecule has 0 bridgehead atoms. The molecule has 0 spiro atoms. The van der Waals surface area contributed by atoms with Crippen molar-refractivity contribution >= 4 is 5.82 Å². The zero-order valence-electron chi connectivity index (χ0n) is 9.57. The van der Waals surface area contributed by atoms with Crippen LogP contribution in [0.25, 0.3) is 0 Å². The number of hydrogen-bond acceptors (Lipinski definition) is 3. The van der Waals surface area contributed by atoms with Gasteiger partial charge in [0.2, 0.25) is 0 Å². The second kappa shape index (κ2) is 4.67. The van der Waals surface area contributed by atoms with Crippen molar-refractivity contribution in [3.05, 3.63) is 42.1 Å². The summed E-state index contributed by atoms with van der Waals surface area (Å²) in [6.07, 6.45) is 0.0392. The fourth-order valence-corrected chi connectivity index (χ4v) is 1.44. The quantitative estimate of drug-likeness (QED) is 0.917. The predicted octanol–water partition coefficient (Wildman–Crippen LogP) is 2.45. The average Bonchev–Trinajstić information content (AvgIpc) is 2.72. The number of alkyl halides is 3. The van der Waals surface area contributed by atoms with E-state index in [1.165, 1.54) is 0 Å². The Labute approximate surface area is 101 Å². The first-order chi connectivity index (χ1) is 8.47. The van der Waals surface area contributed by atoms with Crippen molar-refractivity contribution in [2.24, 2.45) is 7.05 Å². The van der Waals surface area contributed by atoms with Crippen LogP contribution >= 0.6 is 0 Å². The Balaban J connectivity index is 2.09. The number of pyridine rings is 1. The zero-order chi connectivity index (χ0) is 13.2. The molecule has 0 aromatic carbocycles. The maximum atomic E-state index is 12.5. The van der Waals surface area contributed by atoms with Gasteiger partial charge in [-0.05, 0) is 12.1 Å². The molecule has 0 aliphatic rings. The number of hydrogen-bond donors (Lipinski definition) is 1. The second-order valence-corrected chi connectivity index (χ2v) is 3.78. The van der Waals surface area contributed by atoms with Crippen molar-refractivity contribution in [2.75, 3.05) is 5.32 Å². The Kier molecular flexibility index (Phi) is 3.22. The number of imidazole rings is 1. The summed E-state index contributed by atoms with van der Waals surface area (Å²) in [6, 6.07) is 1.92. The van der Waals surface area contributed by atoms with Crippen LogP contribution in [0.3, 0.4) is 0 Å². The minimum atomic E-state index is -4.36. The Bertz CT molecular complexity index is 533. The number of aromatic nitrogens is 3. The molecule has 0 fully saturated rings. The van der Waals surface area contributed by atoms with Crippen LogP contribution in [0, 0.1) is 0 Å². The molecule has 0 amide bonds. The summed E-state index contributed by atoms with van der Waals surface area (Å²) >= 11 is 0. The van der Waals surface area contributed by atoms with Crippen LogP contribution in [-0.2, 0) is 19.8 Å². The normalized spacial score (nSPS) is 11.6. The van der Waals surface area contributed by atoms with Gasteiger partial charge in [0.1, 0.15) is 5.82 Å². The Morgan fingerprint density at radius 1 is 1.39 bits per heavy atom. The molecule has 96 valence electrons. The standard InChI is InChI=1S/C11H11F3N4/c1-18-7-15-5-9(18)6-17-10-4-8(2-3-16-10)11(12,13)14/h2-5,7H,6H2,1H3,(H,16,17). The van der Waals surface area contributed by atoms with Gasteiger partial charge in [-0.2, -0.15) is 13.2 Å². The number of nitrogens with one attached hydrogen (secondary N) is 1. The van der Waals surface area contributed by atoms with Crippen molar-refractivity contribution < 1.29 is 13.2 Å². The Hall–Kier alpha value is -2.05. The van der Waals surface area contributed by atoms with Crippen molar-refractivity contribution in [2.45, 2.75) is 12.7 Å². The summed E-state index contributed by atoms with van der Waals surface area (Å²) in [5.74, 6) is 0.186. The van der Waals surface area contributed by atoms with Crippen molar-refractivity contribution in [1.82, 2.24) is 14.5 Å². The maximum absolute atomic E-state index is 12.5. The summed E-state index contributed by atoms with van der Waals surface area (Å²) in [4.78, 5) is 7.75. The van der Waals surface area contributed by atoms with Crippen LogP contribution in [0.15, 0.2) is 30.9 Å². The van der Waals surface area contributed by atoms with Gasteiger partial charge in [0.05, 0.1) is 24.1 Å². The summed E-state index contributed by atoms with van der Waals surface area (Å²) < 4.78 is 39.2. The molecule has 1 N–H and O–H groups in total. The molecule has 4 nitrogen and oxygen atoms in total. The third-order valence-electron chi connectivity index (χ3n) is 2.45. The molecule has 0 atom stereocenters. The number of rotatable bonds is 3. The first-order valence-electron chi connectivity index (χ1n) is 5.19. The topological polar surface area (TPSA) is 42.7 Å². The summed E-state index contributed by atoms with van der Waals surface area (Å²) in [5.41, 5.74) is 0.138. The Morgan fingerprint density at radius 3 is 2.78 bits per heavy atom. The van der Waals surface area contributed by atoms with E-state index in [-0.39, 0.29) is 5.82 Å². The van der Waals surface area contributed by atoms with Gasteiger partial charge in [-0.1, -0.05) is 0 Å². The molecule has 0 radical (unpaired) electrons. The van der Waals surface area contributed by atoms with E-state index in [0.717, 1.165) is 24.0 Å². The van der Waals surface area contributed by atoms with Crippen molar-refractivity contribution in [3.8, 4) is 0 Å². The molecule has 0 aliphatic heterocycles. The predicted molar refractivity (Wildman–Crippen MR) is 59.8 cm³/mol. The second-order valence-electron chi connectivity index (χ2n) is 3.78. The lowest BCUT2D eigenvalue weighted by Crippen LogP contribution is -2.08. The fraction of sp³-hybridized carbons (Fsp3) is 0.273. The van der Waals surface area contributed by atoms with E-state index >= 15 is 0 Å². The van der Waals surface area contributed by atoms with E-state index in [9.17, 15) is 13.2 Å². The minimum absolute atomic E-state index is 0.186. The van der Waals surface area contributed by atoms with Crippen LogP contribution in [0.5, 0.6) is 0 Å². The van der Waals surface area contributed by atoms with Gasteiger partial charge in [-0.15, -0.1) is 0 Å². The van der Waals surface area contributed by atoms with Crippen LogP contribution in [0.4, 0.5) is 19.0 Å². The lowest BCUT2D eigenvalue weighted by atomic mass is 10.2. The van der Waals surface area contributed by atoms with Gasteiger partial charge in [-0.25, -0.2) is 9.97 Å². The molecule has 0 saturated carbocycles. The van der Waals surface area contributed by atoms with Gasteiger partial charge < -0.3 is 9.88 Å². The lowest BCUT2D eigenvalue weighted by molar-refractivity contribution is -0.137. The van der Waals surface area contributed by atoms with E-state index in [0.29, 0.717) is 6.54 Å². The highest BCUT2D eigenvalue weighted by molar-refractivity contribution is 5.38. The molecule has 2 aromatic heterocycles. The highest BCUT2D eigenvalue weighted by atomic mass is 19.4. The molecule has 2 rings (SSSR count). The van der Waals surface area contributed by atoms with Crippen molar-refractivity contribution in [1.29, 1.82) is 0 Å². The van der Waals surface area contributed by atoms with Crippen molar-refractivity contribution in [3.63, 3.8) is 0 Å². The third-order valence-corrected chi connectivity index (χ3v) is 2.45. The monoisotopic (exact) mass is 256 g/mol. The van der Waals surface area contributed by atoms with Gasteiger partial charge in [0.15, 0.2) is 0 Å². The fourth-order valence-electron chi connectivity index (χ4n) is 1.44. The average molecular weight is 256 g/mol. The number of aryl methyl sites for hydroxylation is 1. The highest BCUT2D eigenvalue weighted by Gasteiger charge is 2.30. The van der Waals surface area contributed by atoms with E-state index in [1.807, 2.05) is 7.05 Å². The smallest absolute Gasteiger partial charge is 0.364 e. The molecule has 0 saturated heterocycles. The molecular formula is C11H11F3N4. The number of nitrogens with zero attached hydrogens (tertiary/aromatic N) is 3. The molecule has 2 aromatic rings. The molecule has 0 unspecified atom stereocenters. The van der Waals surface area contributed by atoms with Crippen LogP contribution in [0.1, 0.15) is 11.3 Å². The zero-order valence-corrected chi connectivity index (χ0v) is 9.57.